The van der Waals surface area contributed by atoms with Crippen LogP contribution in [0.4, 0.5) is 0 Å². The number of hydrogen-bond donors (Lipinski definition) is 0. The fourth-order valence-corrected chi connectivity index (χ4v) is 2.40. The molecule has 0 N–H and O–H groups in total. The second kappa shape index (κ2) is 7.61. The van der Waals surface area contributed by atoms with Gasteiger partial charge in [-0.1, -0.05) is 0 Å². The van der Waals surface area contributed by atoms with Gasteiger partial charge in [-0.25, -0.2) is 4.79 Å². The third-order valence-corrected chi connectivity index (χ3v) is 3.53. The highest BCUT2D eigenvalue weighted by atomic mass is 127. The molecule has 0 saturated heterocycles. The minimum atomic E-state index is -0.470. The van der Waals surface area contributed by atoms with E-state index in [9.17, 15) is 9.59 Å². The van der Waals surface area contributed by atoms with Crippen LogP contribution in [0.25, 0.3) is 0 Å². The summed E-state index contributed by atoms with van der Waals surface area (Å²) in [6.07, 6.45) is 0. The van der Waals surface area contributed by atoms with Gasteiger partial charge in [-0.3, -0.25) is 4.79 Å². The van der Waals surface area contributed by atoms with E-state index in [2.05, 4.69) is 22.6 Å². The van der Waals surface area contributed by atoms with Gasteiger partial charge in [0.15, 0.2) is 6.61 Å². The van der Waals surface area contributed by atoms with Crippen molar-refractivity contribution < 1.29 is 14.3 Å². The normalized spacial score (nSPS) is 10.8. The number of ether oxygens (including phenoxy) is 1. The number of nitrogens with zero attached hydrogens (tertiary/aromatic N) is 1. The van der Waals surface area contributed by atoms with Crippen molar-refractivity contribution in [1.82, 2.24) is 4.90 Å². The van der Waals surface area contributed by atoms with Crippen molar-refractivity contribution in [3.8, 4) is 0 Å². The first-order chi connectivity index (χ1) is 9.32. The molecular formula is C15H20INO3. The number of carbonyl (C=O) groups is 2. The summed E-state index contributed by atoms with van der Waals surface area (Å²) >= 11 is 2.16. The number of benzene rings is 1. The van der Waals surface area contributed by atoms with Gasteiger partial charge in [-0.05, 0) is 74.6 Å². The van der Waals surface area contributed by atoms with Crippen LogP contribution in [0.15, 0.2) is 24.3 Å². The molecule has 0 aliphatic heterocycles. The van der Waals surface area contributed by atoms with Gasteiger partial charge >= 0.3 is 5.97 Å². The molecule has 1 aromatic carbocycles. The van der Waals surface area contributed by atoms with Gasteiger partial charge in [0.2, 0.25) is 0 Å². The lowest BCUT2D eigenvalue weighted by Gasteiger charge is -2.30. The van der Waals surface area contributed by atoms with E-state index in [0.717, 1.165) is 3.57 Å². The van der Waals surface area contributed by atoms with Crippen molar-refractivity contribution in [2.45, 2.75) is 39.8 Å². The molecule has 1 aromatic rings. The van der Waals surface area contributed by atoms with Crippen LogP contribution in [0.1, 0.15) is 38.1 Å². The Morgan fingerprint density at radius 3 is 2.05 bits per heavy atom. The fraction of sp³-hybridized carbons (Fsp3) is 0.467. The molecule has 110 valence electrons. The smallest absolute Gasteiger partial charge is 0.338 e. The quantitative estimate of drug-likeness (QED) is 0.575. The molecule has 0 aliphatic carbocycles. The molecule has 0 heterocycles. The minimum Gasteiger partial charge on any atom is -0.452 e. The standard InChI is InChI=1S/C15H20INO3/c1-10(2)17(11(3)4)14(18)9-20-15(19)12-5-7-13(16)8-6-12/h5-8,10-11H,9H2,1-4H3. The maximum absolute atomic E-state index is 12.1. The van der Waals surface area contributed by atoms with Crippen LogP contribution in [0.2, 0.25) is 0 Å². The van der Waals surface area contributed by atoms with Gasteiger partial charge in [0.25, 0.3) is 5.91 Å². The molecule has 0 aromatic heterocycles. The van der Waals surface area contributed by atoms with Crippen molar-refractivity contribution in [3.05, 3.63) is 33.4 Å². The molecule has 1 amide bonds. The number of amides is 1. The van der Waals surface area contributed by atoms with Crippen LogP contribution in [0, 0.1) is 3.57 Å². The average molecular weight is 389 g/mol. The Morgan fingerprint density at radius 1 is 1.10 bits per heavy atom. The second-order valence-electron chi connectivity index (χ2n) is 5.07. The molecule has 0 fully saturated rings. The lowest BCUT2D eigenvalue weighted by atomic mass is 10.2. The monoisotopic (exact) mass is 389 g/mol. The fourth-order valence-electron chi connectivity index (χ4n) is 2.04. The number of hydrogen-bond acceptors (Lipinski definition) is 3. The number of rotatable bonds is 5. The van der Waals surface area contributed by atoms with Crippen LogP contribution in [-0.4, -0.2) is 35.5 Å². The predicted octanol–water partition coefficient (Wildman–Crippen LogP) is 3.09. The molecular weight excluding hydrogens is 369 g/mol. The van der Waals surface area contributed by atoms with Gasteiger partial charge in [0, 0.05) is 15.7 Å². The van der Waals surface area contributed by atoms with Crippen molar-refractivity contribution >= 4 is 34.5 Å². The van der Waals surface area contributed by atoms with Crippen LogP contribution >= 0.6 is 22.6 Å². The summed E-state index contributed by atoms with van der Waals surface area (Å²) in [7, 11) is 0. The summed E-state index contributed by atoms with van der Waals surface area (Å²) < 4.78 is 6.12. The van der Waals surface area contributed by atoms with E-state index >= 15 is 0 Å². The molecule has 0 bridgehead atoms. The zero-order valence-corrected chi connectivity index (χ0v) is 14.4. The van der Waals surface area contributed by atoms with E-state index in [1.165, 1.54) is 0 Å². The molecule has 1 rings (SSSR count). The van der Waals surface area contributed by atoms with Crippen molar-refractivity contribution in [1.29, 1.82) is 0 Å². The molecule has 0 atom stereocenters. The lowest BCUT2D eigenvalue weighted by Crippen LogP contribution is -2.44. The summed E-state index contributed by atoms with van der Waals surface area (Å²) in [6, 6.07) is 7.20. The number of carbonyl (C=O) groups excluding carboxylic acids is 2. The molecule has 0 saturated carbocycles. The highest BCUT2D eigenvalue weighted by molar-refractivity contribution is 14.1. The predicted molar refractivity (Wildman–Crippen MR) is 86.6 cm³/mol. The first kappa shape index (κ1) is 16.9. The number of esters is 1. The Kier molecular flexibility index (Phi) is 6.45. The SMILES string of the molecule is CC(C)N(C(=O)COC(=O)c1ccc(I)cc1)C(C)C. The first-order valence-corrected chi connectivity index (χ1v) is 7.64. The molecule has 20 heavy (non-hydrogen) atoms. The maximum atomic E-state index is 12.1. The topological polar surface area (TPSA) is 46.6 Å². The lowest BCUT2D eigenvalue weighted by molar-refractivity contribution is -0.138. The van der Waals surface area contributed by atoms with Crippen LogP contribution in [0.3, 0.4) is 0 Å². The summed E-state index contributed by atoms with van der Waals surface area (Å²) in [4.78, 5) is 25.6. The Bertz CT molecular complexity index is 461. The zero-order chi connectivity index (χ0) is 15.3. The van der Waals surface area contributed by atoms with Gasteiger partial charge in [0.1, 0.15) is 0 Å². The Labute approximate surface area is 133 Å². The molecule has 0 radical (unpaired) electrons. The summed E-state index contributed by atoms with van der Waals surface area (Å²) in [6.45, 7) is 7.55. The van der Waals surface area contributed by atoms with Crippen LogP contribution < -0.4 is 0 Å². The van der Waals surface area contributed by atoms with E-state index in [4.69, 9.17) is 4.74 Å². The maximum Gasteiger partial charge on any atom is 0.338 e. The Hall–Kier alpha value is -1.11. The van der Waals surface area contributed by atoms with E-state index in [1.807, 2.05) is 39.8 Å². The van der Waals surface area contributed by atoms with Gasteiger partial charge in [0.05, 0.1) is 5.56 Å². The summed E-state index contributed by atoms with van der Waals surface area (Å²) in [5.74, 6) is -0.643. The van der Waals surface area contributed by atoms with Gasteiger partial charge in [-0.2, -0.15) is 0 Å². The summed E-state index contributed by atoms with van der Waals surface area (Å²) in [5.41, 5.74) is 0.457. The highest BCUT2D eigenvalue weighted by Gasteiger charge is 2.21. The van der Waals surface area contributed by atoms with Crippen LogP contribution in [0.5, 0.6) is 0 Å². The Balaban J connectivity index is 2.60. The number of halogens is 1. The molecule has 5 heteroatoms. The first-order valence-electron chi connectivity index (χ1n) is 6.56. The van der Waals surface area contributed by atoms with Crippen molar-refractivity contribution in [2.75, 3.05) is 6.61 Å². The molecule has 0 spiro atoms. The Morgan fingerprint density at radius 2 is 1.60 bits per heavy atom. The average Bonchev–Trinajstić information content (AvgIpc) is 2.36. The van der Waals surface area contributed by atoms with Crippen molar-refractivity contribution in [3.63, 3.8) is 0 Å². The zero-order valence-electron chi connectivity index (χ0n) is 12.2. The van der Waals surface area contributed by atoms with E-state index < -0.39 is 5.97 Å². The van der Waals surface area contributed by atoms with Gasteiger partial charge < -0.3 is 9.64 Å². The minimum absolute atomic E-state index is 0.0829. The molecule has 0 aliphatic rings. The second-order valence-corrected chi connectivity index (χ2v) is 6.32. The highest BCUT2D eigenvalue weighted by Crippen LogP contribution is 2.09. The van der Waals surface area contributed by atoms with Crippen LogP contribution in [-0.2, 0) is 9.53 Å². The molecule has 4 nitrogen and oxygen atoms in total. The third kappa shape index (κ3) is 4.77. The summed E-state index contributed by atoms with van der Waals surface area (Å²) in [5, 5.41) is 0. The molecule has 0 unspecified atom stereocenters. The van der Waals surface area contributed by atoms with Crippen molar-refractivity contribution in [2.24, 2.45) is 0 Å². The van der Waals surface area contributed by atoms with Gasteiger partial charge in [-0.15, -0.1) is 0 Å². The van der Waals surface area contributed by atoms with E-state index in [1.54, 1.807) is 17.0 Å². The van der Waals surface area contributed by atoms with E-state index in [0.29, 0.717) is 5.56 Å². The van der Waals surface area contributed by atoms with E-state index in [-0.39, 0.29) is 24.6 Å². The largest absolute Gasteiger partial charge is 0.452 e. The third-order valence-electron chi connectivity index (χ3n) is 2.81.